The van der Waals surface area contributed by atoms with E-state index in [0.717, 1.165) is 31.6 Å². The summed E-state index contributed by atoms with van der Waals surface area (Å²) < 4.78 is 5.83. The zero-order chi connectivity index (χ0) is 12.8. The van der Waals surface area contributed by atoms with Crippen LogP contribution in [0.1, 0.15) is 37.7 Å². The molecule has 0 saturated carbocycles. The summed E-state index contributed by atoms with van der Waals surface area (Å²) in [6, 6.07) is 11.0. The van der Waals surface area contributed by atoms with Crippen LogP contribution in [0.5, 0.6) is 0 Å². The van der Waals surface area contributed by atoms with Gasteiger partial charge in [-0.05, 0) is 37.9 Å². The van der Waals surface area contributed by atoms with E-state index in [2.05, 4.69) is 48.6 Å². The predicted octanol–water partition coefficient (Wildman–Crippen LogP) is 3.46. The molecule has 1 heterocycles. The Morgan fingerprint density at radius 1 is 1.28 bits per heavy atom. The van der Waals surface area contributed by atoms with E-state index < -0.39 is 0 Å². The molecule has 2 nitrogen and oxygen atoms in total. The predicted molar refractivity (Wildman–Crippen MR) is 75.6 cm³/mol. The average molecular weight is 245 g/mol. The van der Waals surface area contributed by atoms with Gasteiger partial charge in [-0.3, -0.25) is 0 Å². The van der Waals surface area contributed by atoms with Gasteiger partial charge in [0.2, 0.25) is 0 Å². The molecule has 0 spiro atoms. The standard InChI is InChI=1S/C16H23NO/c1-3-14(13-9-5-4-6-10-13)16(17-2)15-11-7-8-12-18-15/h4-6,9-11,14,16-17H,3,7-8,12H2,1-2H3. The molecule has 1 aromatic carbocycles. The molecular formula is C16H23NO. The Balaban J connectivity index is 2.21. The molecule has 1 aromatic rings. The minimum absolute atomic E-state index is 0.290. The lowest BCUT2D eigenvalue weighted by molar-refractivity contribution is 0.161. The van der Waals surface area contributed by atoms with Crippen molar-refractivity contribution in [1.82, 2.24) is 5.32 Å². The second-order valence-electron chi connectivity index (χ2n) is 4.79. The van der Waals surface area contributed by atoms with Gasteiger partial charge in [0.15, 0.2) is 0 Å². The van der Waals surface area contributed by atoms with E-state index in [1.165, 1.54) is 5.56 Å². The van der Waals surface area contributed by atoms with Crippen molar-refractivity contribution in [3.8, 4) is 0 Å². The number of allylic oxidation sites excluding steroid dienone is 1. The Hall–Kier alpha value is -1.28. The number of benzene rings is 1. The zero-order valence-corrected chi connectivity index (χ0v) is 11.4. The fourth-order valence-electron chi connectivity index (χ4n) is 2.70. The third-order valence-corrected chi connectivity index (χ3v) is 3.65. The summed E-state index contributed by atoms with van der Waals surface area (Å²) in [5.41, 5.74) is 1.38. The molecule has 0 bridgehead atoms. The summed E-state index contributed by atoms with van der Waals surface area (Å²) in [4.78, 5) is 0. The molecule has 0 radical (unpaired) electrons. The van der Waals surface area contributed by atoms with Gasteiger partial charge in [0.25, 0.3) is 0 Å². The largest absolute Gasteiger partial charge is 0.497 e. The van der Waals surface area contributed by atoms with Crippen molar-refractivity contribution < 1.29 is 4.74 Å². The summed E-state index contributed by atoms with van der Waals surface area (Å²) in [6.07, 6.45) is 5.63. The van der Waals surface area contributed by atoms with Crippen molar-refractivity contribution in [2.45, 2.75) is 38.1 Å². The SMILES string of the molecule is CCC(c1ccccc1)C(NC)C1=CCCCO1. The fourth-order valence-corrected chi connectivity index (χ4v) is 2.70. The smallest absolute Gasteiger partial charge is 0.109 e. The van der Waals surface area contributed by atoms with Crippen LogP contribution in [0.25, 0.3) is 0 Å². The Kier molecular flexibility index (Phi) is 4.82. The first-order valence-electron chi connectivity index (χ1n) is 6.92. The first-order chi connectivity index (χ1) is 8.86. The summed E-state index contributed by atoms with van der Waals surface area (Å²) in [7, 11) is 2.02. The van der Waals surface area contributed by atoms with Crippen LogP contribution < -0.4 is 5.32 Å². The van der Waals surface area contributed by atoms with E-state index >= 15 is 0 Å². The summed E-state index contributed by atoms with van der Waals surface area (Å²) in [5, 5.41) is 3.43. The molecule has 0 fully saturated rings. The molecule has 1 N–H and O–H groups in total. The lowest BCUT2D eigenvalue weighted by Gasteiger charge is -2.30. The van der Waals surface area contributed by atoms with Crippen LogP contribution in [0.4, 0.5) is 0 Å². The summed E-state index contributed by atoms with van der Waals surface area (Å²) >= 11 is 0. The van der Waals surface area contributed by atoms with E-state index in [1.807, 2.05) is 7.05 Å². The Morgan fingerprint density at radius 3 is 2.61 bits per heavy atom. The van der Waals surface area contributed by atoms with Crippen LogP contribution in [0.3, 0.4) is 0 Å². The Bertz CT molecular complexity index is 385. The Morgan fingerprint density at radius 2 is 2.06 bits per heavy atom. The number of hydrogen-bond donors (Lipinski definition) is 1. The van der Waals surface area contributed by atoms with Gasteiger partial charge in [-0.2, -0.15) is 0 Å². The van der Waals surface area contributed by atoms with E-state index in [9.17, 15) is 0 Å². The molecule has 98 valence electrons. The first-order valence-corrected chi connectivity index (χ1v) is 6.92. The first kappa shape index (κ1) is 13.2. The van der Waals surface area contributed by atoms with Gasteiger partial charge in [0.1, 0.15) is 5.76 Å². The molecule has 1 aliphatic heterocycles. The molecule has 1 aliphatic rings. The van der Waals surface area contributed by atoms with Gasteiger partial charge in [0.05, 0.1) is 12.6 Å². The van der Waals surface area contributed by atoms with Crippen molar-refractivity contribution in [2.75, 3.05) is 13.7 Å². The quantitative estimate of drug-likeness (QED) is 0.857. The molecular weight excluding hydrogens is 222 g/mol. The third-order valence-electron chi connectivity index (χ3n) is 3.65. The van der Waals surface area contributed by atoms with Crippen molar-refractivity contribution in [3.63, 3.8) is 0 Å². The number of nitrogens with one attached hydrogen (secondary N) is 1. The molecule has 0 amide bonds. The molecule has 2 unspecified atom stereocenters. The molecule has 0 saturated heterocycles. The van der Waals surface area contributed by atoms with Gasteiger partial charge in [-0.15, -0.1) is 0 Å². The highest BCUT2D eigenvalue weighted by atomic mass is 16.5. The van der Waals surface area contributed by atoms with Crippen LogP contribution in [0.15, 0.2) is 42.2 Å². The van der Waals surface area contributed by atoms with E-state index in [1.54, 1.807) is 0 Å². The van der Waals surface area contributed by atoms with Gasteiger partial charge in [-0.25, -0.2) is 0 Å². The topological polar surface area (TPSA) is 21.3 Å². The number of ether oxygens (including phenoxy) is 1. The van der Waals surface area contributed by atoms with Gasteiger partial charge < -0.3 is 10.1 Å². The number of hydrogen-bond acceptors (Lipinski definition) is 2. The van der Waals surface area contributed by atoms with Crippen LogP contribution >= 0.6 is 0 Å². The monoisotopic (exact) mass is 245 g/mol. The highest BCUT2D eigenvalue weighted by Crippen LogP contribution is 2.29. The minimum atomic E-state index is 0.290. The maximum atomic E-state index is 5.83. The van der Waals surface area contributed by atoms with Crippen LogP contribution in [0, 0.1) is 0 Å². The second kappa shape index (κ2) is 6.60. The normalized spacial score (nSPS) is 18.7. The third kappa shape index (κ3) is 2.94. The fraction of sp³-hybridized carbons (Fsp3) is 0.500. The maximum absolute atomic E-state index is 5.83. The lowest BCUT2D eigenvalue weighted by Crippen LogP contribution is -2.35. The molecule has 0 aliphatic carbocycles. The van der Waals surface area contributed by atoms with Crippen molar-refractivity contribution in [3.05, 3.63) is 47.7 Å². The summed E-state index contributed by atoms with van der Waals surface area (Å²) in [6.45, 7) is 3.10. The average Bonchev–Trinajstić information content (AvgIpc) is 2.46. The minimum Gasteiger partial charge on any atom is -0.497 e. The van der Waals surface area contributed by atoms with Gasteiger partial charge in [-0.1, -0.05) is 37.3 Å². The highest BCUT2D eigenvalue weighted by molar-refractivity contribution is 5.25. The maximum Gasteiger partial charge on any atom is 0.109 e. The van der Waals surface area contributed by atoms with Crippen molar-refractivity contribution in [2.24, 2.45) is 0 Å². The van der Waals surface area contributed by atoms with Crippen LogP contribution in [-0.4, -0.2) is 19.7 Å². The Labute approximate surface area is 110 Å². The number of rotatable bonds is 5. The van der Waals surface area contributed by atoms with Gasteiger partial charge in [0, 0.05) is 5.92 Å². The van der Waals surface area contributed by atoms with E-state index in [-0.39, 0.29) is 6.04 Å². The summed E-state index contributed by atoms with van der Waals surface area (Å²) in [5.74, 6) is 1.60. The second-order valence-corrected chi connectivity index (χ2v) is 4.79. The van der Waals surface area contributed by atoms with Crippen LogP contribution in [0.2, 0.25) is 0 Å². The lowest BCUT2D eigenvalue weighted by atomic mass is 9.87. The van der Waals surface area contributed by atoms with E-state index in [0.29, 0.717) is 5.92 Å². The highest BCUT2D eigenvalue weighted by Gasteiger charge is 2.25. The van der Waals surface area contributed by atoms with Crippen molar-refractivity contribution in [1.29, 1.82) is 0 Å². The van der Waals surface area contributed by atoms with Crippen LogP contribution in [-0.2, 0) is 4.74 Å². The van der Waals surface area contributed by atoms with E-state index in [4.69, 9.17) is 4.74 Å². The van der Waals surface area contributed by atoms with Crippen molar-refractivity contribution >= 4 is 0 Å². The molecule has 2 rings (SSSR count). The molecule has 2 heteroatoms. The van der Waals surface area contributed by atoms with Gasteiger partial charge >= 0.3 is 0 Å². The molecule has 0 aromatic heterocycles. The molecule has 18 heavy (non-hydrogen) atoms. The molecule has 2 atom stereocenters. The zero-order valence-electron chi connectivity index (χ0n) is 11.4. The number of likely N-dealkylation sites (N-methyl/N-ethyl adjacent to an activating group) is 1.